The molecule has 0 unspecified atom stereocenters. The fraction of sp³-hybridized carbons (Fsp3) is 0.360. The Morgan fingerprint density at radius 3 is 2.63 bits per heavy atom. The lowest BCUT2D eigenvalue weighted by Gasteiger charge is -2.30. The minimum absolute atomic E-state index is 0.166. The number of ether oxygens (including phenoxy) is 2. The Balaban J connectivity index is 1.73. The molecule has 0 bridgehead atoms. The van der Waals surface area contributed by atoms with Gasteiger partial charge in [0.15, 0.2) is 5.82 Å². The minimum Gasteiger partial charge on any atom is -0.497 e. The molecule has 35 heavy (non-hydrogen) atoms. The van der Waals surface area contributed by atoms with Gasteiger partial charge in [-0.15, -0.1) is 5.10 Å². The molecule has 0 aliphatic rings. The van der Waals surface area contributed by atoms with Crippen molar-refractivity contribution in [2.75, 3.05) is 20.8 Å². The van der Waals surface area contributed by atoms with Crippen molar-refractivity contribution in [3.05, 3.63) is 81.7 Å². The van der Waals surface area contributed by atoms with Gasteiger partial charge in [0.2, 0.25) is 0 Å². The fourth-order valence-electron chi connectivity index (χ4n) is 4.19. The minimum atomic E-state index is -0.296. The number of aromatic nitrogens is 5. The van der Waals surface area contributed by atoms with Crippen LogP contribution >= 0.6 is 0 Å². The van der Waals surface area contributed by atoms with E-state index in [4.69, 9.17) is 9.47 Å². The maximum Gasteiger partial charge on any atom is 0.252 e. The zero-order valence-electron chi connectivity index (χ0n) is 20.1. The Morgan fingerprint density at radius 1 is 1.11 bits per heavy atom. The highest BCUT2D eigenvalue weighted by molar-refractivity contribution is 5.80. The van der Waals surface area contributed by atoms with Gasteiger partial charge in [-0.3, -0.25) is 9.69 Å². The van der Waals surface area contributed by atoms with E-state index in [9.17, 15) is 9.18 Å². The molecule has 184 valence electrons. The van der Waals surface area contributed by atoms with Crippen molar-refractivity contribution in [1.29, 1.82) is 0 Å². The smallest absolute Gasteiger partial charge is 0.252 e. The van der Waals surface area contributed by atoms with Crippen LogP contribution in [-0.2, 0) is 24.4 Å². The molecular weight excluding hydrogens is 451 g/mol. The van der Waals surface area contributed by atoms with Crippen LogP contribution in [0.25, 0.3) is 10.9 Å². The molecule has 9 nitrogen and oxygen atoms in total. The Bertz CT molecular complexity index is 1320. The molecule has 2 heterocycles. The summed E-state index contributed by atoms with van der Waals surface area (Å²) in [6, 6.07) is 13.6. The predicted molar refractivity (Wildman–Crippen MR) is 129 cm³/mol. The van der Waals surface area contributed by atoms with Gasteiger partial charge in [-0.2, -0.15) is 0 Å². The van der Waals surface area contributed by atoms with Gasteiger partial charge in [0, 0.05) is 36.7 Å². The van der Waals surface area contributed by atoms with Crippen molar-refractivity contribution in [3.8, 4) is 5.75 Å². The number of hydrogen-bond acceptors (Lipinski definition) is 7. The highest BCUT2D eigenvalue weighted by Crippen LogP contribution is 2.27. The first-order chi connectivity index (χ1) is 17.0. The Labute approximate surface area is 202 Å². The van der Waals surface area contributed by atoms with E-state index in [1.54, 1.807) is 31.0 Å². The molecule has 0 saturated heterocycles. The predicted octanol–water partition coefficient (Wildman–Crippen LogP) is 3.46. The molecule has 0 radical (unpaired) electrons. The zero-order valence-corrected chi connectivity index (χ0v) is 20.1. The van der Waals surface area contributed by atoms with Crippen molar-refractivity contribution in [2.45, 2.75) is 39.0 Å². The molecule has 4 rings (SSSR count). The first-order valence-electron chi connectivity index (χ1n) is 11.5. The van der Waals surface area contributed by atoms with Crippen LogP contribution in [0.2, 0.25) is 0 Å². The normalized spacial score (nSPS) is 12.4. The second-order valence-corrected chi connectivity index (χ2v) is 8.29. The number of pyridine rings is 1. The highest BCUT2D eigenvalue weighted by atomic mass is 19.1. The Hall–Kier alpha value is -3.63. The Morgan fingerprint density at radius 2 is 1.91 bits per heavy atom. The molecule has 10 heteroatoms. The third kappa shape index (κ3) is 5.72. The maximum absolute atomic E-state index is 13.5. The average molecular weight is 481 g/mol. The van der Waals surface area contributed by atoms with Crippen LogP contribution in [0.3, 0.4) is 0 Å². The molecule has 1 N–H and O–H groups in total. The van der Waals surface area contributed by atoms with E-state index >= 15 is 0 Å². The second-order valence-electron chi connectivity index (χ2n) is 8.29. The molecule has 2 aromatic carbocycles. The lowest BCUT2D eigenvalue weighted by molar-refractivity contribution is 0.151. The zero-order chi connectivity index (χ0) is 24.8. The van der Waals surface area contributed by atoms with Gasteiger partial charge in [0.1, 0.15) is 11.6 Å². The molecule has 0 saturated carbocycles. The fourth-order valence-corrected chi connectivity index (χ4v) is 4.19. The van der Waals surface area contributed by atoms with Crippen LogP contribution in [0.4, 0.5) is 4.39 Å². The molecule has 4 aromatic rings. The molecule has 0 amide bonds. The summed E-state index contributed by atoms with van der Waals surface area (Å²) in [5.74, 6) is 1.10. The van der Waals surface area contributed by atoms with Crippen molar-refractivity contribution in [3.63, 3.8) is 0 Å². The summed E-state index contributed by atoms with van der Waals surface area (Å²) in [6.07, 6.45) is 0.702. The van der Waals surface area contributed by atoms with E-state index in [0.29, 0.717) is 49.8 Å². The highest BCUT2D eigenvalue weighted by Gasteiger charge is 2.26. The molecule has 0 aliphatic heterocycles. The number of benzene rings is 2. The van der Waals surface area contributed by atoms with E-state index in [0.717, 1.165) is 16.5 Å². The summed E-state index contributed by atoms with van der Waals surface area (Å²) in [5, 5.41) is 13.2. The molecule has 0 aliphatic carbocycles. The Kier molecular flexibility index (Phi) is 7.84. The van der Waals surface area contributed by atoms with E-state index in [2.05, 4.69) is 25.4 Å². The number of aromatic amines is 1. The summed E-state index contributed by atoms with van der Waals surface area (Å²) in [4.78, 5) is 18.1. The van der Waals surface area contributed by atoms with Gasteiger partial charge in [-0.25, -0.2) is 9.07 Å². The number of halogens is 1. The second kappa shape index (κ2) is 11.2. The van der Waals surface area contributed by atoms with Crippen LogP contribution in [0.5, 0.6) is 5.75 Å². The third-order valence-electron chi connectivity index (χ3n) is 5.99. The van der Waals surface area contributed by atoms with Gasteiger partial charge in [0.05, 0.1) is 26.3 Å². The summed E-state index contributed by atoms with van der Waals surface area (Å²) in [7, 11) is 3.24. The quantitative estimate of drug-likeness (QED) is 0.351. The van der Waals surface area contributed by atoms with Crippen LogP contribution in [0, 0.1) is 5.82 Å². The number of hydrogen-bond donors (Lipinski definition) is 1. The summed E-state index contributed by atoms with van der Waals surface area (Å²) >= 11 is 0. The number of methoxy groups -OCH3 is 2. The van der Waals surface area contributed by atoms with Gasteiger partial charge < -0.3 is 14.5 Å². The van der Waals surface area contributed by atoms with Crippen molar-refractivity contribution < 1.29 is 13.9 Å². The maximum atomic E-state index is 13.5. The monoisotopic (exact) mass is 480 g/mol. The number of rotatable bonds is 11. The van der Waals surface area contributed by atoms with Crippen LogP contribution < -0.4 is 10.3 Å². The lowest BCUT2D eigenvalue weighted by atomic mass is 10.1. The molecular formula is C25H29FN6O3. The number of tetrazole rings is 1. The van der Waals surface area contributed by atoms with Gasteiger partial charge >= 0.3 is 0 Å². The molecule has 1 atom stereocenters. The van der Waals surface area contributed by atoms with Gasteiger partial charge in [-0.05, 0) is 58.8 Å². The van der Waals surface area contributed by atoms with Crippen molar-refractivity contribution in [2.24, 2.45) is 0 Å². The average Bonchev–Trinajstić information content (AvgIpc) is 3.32. The van der Waals surface area contributed by atoms with Gasteiger partial charge in [-0.1, -0.05) is 19.1 Å². The van der Waals surface area contributed by atoms with E-state index < -0.39 is 0 Å². The summed E-state index contributed by atoms with van der Waals surface area (Å²) in [6.45, 7) is 3.85. The summed E-state index contributed by atoms with van der Waals surface area (Å²) < 4.78 is 25.8. The largest absolute Gasteiger partial charge is 0.497 e. The SMILES string of the molecule is CC[C@H](c1nnnn1CCOC)N(Cc1ccc(F)cc1)Cc1cc2cc(OC)ccc2[nH]c1=O. The number of H-pyrrole nitrogens is 1. The van der Waals surface area contributed by atoms with E-state index in [1.807, 2.05) is 31.2 Å². The topological polar surface area (TPSA) is 98.2 Å². The van der Waals surface area contributed by atoms with E-state index in [-0.39, 0.29) is 17.4 Å². The van der Waals surface area contributed by atoms with Crippen LogP contribution in [-0.4, -0.2) is 50.9 Å². The summed E-state index contributed by atoms with van der Waals surface area (Å²) in [5.41, 5.74) is 2.09. The lowest BCUT2D eigenvalue weighted by Crippen LogP contribution is -2.32. The van der Waals surface area contributed by atoms with Crippen molar-refractivity contribution in [1.82, 2.24) is 30.1 Å². The number of nitrogens with one attached hydrogen (secondary N) is 1. The van der Waals surface area contributed by atoms with E-state index in [1.165, 1.54) is 12.1 Å². The van der Waals surface area contributed by atoms with Crippen LogP contribution in [0.15, 0.2) is 53.3 Å². The number of nitrogens with zero attached hydrogens (tertiary/aromatic N) is 5. The molecule has 0 fully saturated rings. The van der Waals surface area contributed by atoms with Gasteiger partial charge in [0.25, 0.3) is 5.56 Å². The molecule has 0 spiro atoms. The first kappa shape index (κ1) is 24.5. The third-order valence-corrected chi connectivity index (χ3v) is 5.99. The number of fused-ring (bicyclic) bond motifs is 1. The standard InChI is InChI=1S/C25H29FN6O3/c1-4-23(24-28-29-30-32(24)11-12-34-2)31(15-17-5-7-20(26)8-6-17)16-19-13-18-14-21(35-3)9-10-22(18)27-25(19)33/h5-10,13-14,23H,4,11-12,15-16H2,1-3H3,(H,27,33)/t23-/m1/s1. The van der Waals surface area contributed by atoms with Crippen molar-refractivity contribution >= 4 is 10.9 Å². The first-order valence-corrected chi connectivity index (χ1v) is 11.5. The van der Waals surface area contributed by atoms with Crippen LogP contribution in [0.1, 0.15) is 36.3 Å². The molecule has 2 aromatic heterocycles.